The lowest BCUT2D eigenvalue weighted by Crippen LogP contribution is -2.43. The molecule has 0 radical (unpaired) electrons. The number of halogens is 1. The Bertz CT molecular complexity index is 144. The number of rotatable bonds is 3. The Morgan fingerprint density at radius 2 is 1.77 bits per heavy atom. The van der Waals surface area contributed by atoms with E-state index in [0.717, 1.165) is 12.0 Å². The van der Waals surface area contributed by atoms with Gasteiger partial charge in [0.1, 0.15) is 23.0 Å². The lowest BCUT2D eigenvalue weighted by atomic mass is 10.00. The molecule has 2 nitrogen and oxygen atoms in total. The molecule has 0 spiro atoms. The summed E-state index contributed by atoms with van der Waals surface area (Å²) < 4.78 is 5.32. The van der Waals surface area contributed by atoms with E-state index in [4.69, 9.17) is 3.07 Å². The minimum atomic E-state index is 0.496. The molecule has 1 fully saturated rings. The molecule has 1 heterocycles. The van der Waals surface area contributed by atoms with Crippen LogP contribution in [0, 0.1) is 5.92 Å². The molecule has 0 amide bonds. The van der Waals surface area contributed by atoms with Gasteiger partial charge in [0.15, 0.2) is 0 Å². The van der Waals surface area contributed by atoms with Crippen LogP contribution < -0.4 is 0 Å². The summed E-state index contributed by atoms with van der Waals surface area (Å²) >= 11 is 2.03. The highest BCUT2D eigenvalue weighted by Gasteiger charge is 2.23. The van der Waals surface area contributed by atoms with Crippen LogP contribution in [0.3, 0.4) is 0 Å². The van der Waals surface area contributed by atoms with E-state index in [2.05, 4.69) is 25.7 Å². The van der Waals surface area contributed by atoms with Crippen LogP contribution in [0.4, 0.5) is 0 Å². The fourth-order valence-corrected chi connectivity index (χ4v) is 2.30. The van der Waals surface area contributed by atoms with Gasteiger partial charge in [-0.1, -0.05) is 13.8 Å². The van der Waals surface area contributed by atoms with Gasteiger partial charge in [-0.25, -0.2) is 0 Å². The number of hydrogen-bond acceptors (Lipinski definition) is 2. The molecule has 78 valence electrons. The Hall–Kier alpha value is 0.650. The lowest BCUT2D eigenvalue weighted by molar-refractivity contribution is 0.0873. The van der Waals surface area contributed by atoms with Crippen molar-refractivity contribution in [3.8, 4) is 0 Å². The topological polar surface area (TPSA) is 12.5 Å². The van der Waals surface area contributed by atoms with Crippen LogP contribution >= 0.6 is 23.0 Å². The van der Waals surface area contributed by atoms with E-state index in [1.165, 1.54) is 25.9 Å². The molecule has 0 aromatic rings. The van der Waals surface area contributed by atoms with E-state index in [-0.39, 0.29) is 0 Å². The third-order valence-corrected chi connectivity index (χ3v) is 3.86. The van der Waals surface area contributed by atoms with Crippen molar-refractivity contribution in [1.29, 1.82) is 0 Å². The largest absolute Gasteiger partial charge is 0.312 e. The van der Waals surface area contributed by atoms with Crippen molar-refractivity contribution < 1.29 is 3.07 Å². The first-order chi connectivity index (χ1) is 6.15. The number of hydrogen-bond donors (Lipinski definition) is 0. The van der Waals surface area contributed by atoms with Gasteiger partial charge in [-0.3, -0.25) is 0 Å². The molecular formula is C10H20INO. The van der Waals surface area contributed by atoms with Crippen molar-refractivity contribution in [2.75, 3.05) is 13.1 Å². The zero-order valence-corrected chi connectivity index (χ0v) is 11.0. The molecule has 0 bridgehead atoms. The third-order valence-electron chi connectivity index (χ3n) is 3.14. The lowest BCUT2D eigenvalue weighted by Gasteiger charge is -2.36. The smallest absolute Gasteiger partial charge is 0.110 e. The molecular weight excluding hydrogens is 277 g/mol. The van der Waals surface area contributed by atoms with E-state index in [1.54, 1.807) is 0 Å². The van der Waals surface area contributed by atoms with Crippen molar-refractivity contribution >= 4 is 23.0 Å². The first-order valence-corrected chi connectivity index (χ1v) is 6.04. The molecule has 1 saturated heterocycles. The van der Waals surface area contributed by atoms with Gasteiger partial charge in [-0.15, -0.1) is 0 Å². The van der Waals surface area contributed by atoms with Crippen molar-refractivity contribution in [3.05, 3.63) is 0 Å². The van der Waals surface area contributed by atoms with Crippen LogP contribution in [0.5, 0.6) is 0 Å². The second-order valence-electron chi connectivity index (χ2n) is 4.31. The molecule has 3 heteroatoms. The molecule has 0 aromatic heterocycles. The minimum Gasteiger partial charge on any atom is -0.312 e. The monoisotopic (exact) mass is 297 g/mol. The van der Waals surface area contributed by atoms with E-state index >= 15 is 0 Å². The maximum Gasteiger partial charge on any atom is 0.110 e. The maximum absolute atomic E-state index is 5.32. The first kappa shape index (κ1) is 11.7. The van der Waals surface area contributed by atoms with Crippen LogP contribution in [0.1, 0.15) is 33.6 Å². The SMILES string of the molecule is CC(C)[C@H](C)N1CCC(OI)CC1. The molecule has 0 saturated carbocycles. The summed E-state index contributed by atoms with van der Waals surface area (Å²) in [7, 11) is 0. The Kier molecular flexibility index (Phi) is 4.97. The van der Waals surface area contributed by atoms with Crippen molar-refractivity contribution in [3.63, 3.8) is 0 Å². The van der Waals surface area contributed by atoms with Gasteiger partial charge in [0, 0.05) is 19.1 Å². The van der Waals surface area contributed by atoms with E-state index in [0.29, 0.717) is 6.10 Å². The van der Waals surface area contributed by atoms with Crippen molar-refractivity contribution in [2.45, 2.75) is 45.8 Å². The quantitative estimate of drug-likeness (QED) is 0.743. The second-order valence-corrected chi connectivity index (χ2v) is 4.82. The van der Waals surface area contributed by atoms with Crippen LogP contribution in [-0.4, -0.2) is 30.1 Å². The molecule has 13 heavy (non-hydrogen) atoms. The normalized spacial score (nSPS) is 23.8. The Balaban J connectivity index is 2.32. The van der Waals surface area contributed by atoms with Gasteiger partial charge in [0.25, 0.3) is 0 Å². The summed E-state index contributed by atoms with van der Waals surface area (Å²) in [6.45, 7) is 9.33. The fraction of sp³-hybridized carbons (Fsp3) is 1.00. The molecule has 1 rings (SSSR count). The highest BCUT2D eigenvalue weighted by Crippen LogP contribution is 2.20. The average Bonchev–Trinajstić information content (AvgIpc) is 2.17. The zero-order chi connectivity index (χ0) is 9.84. The minimum absolute atomic E-state index is 0.496. The van der Waals surface area contributed by atoms with Gasteiger partial charge >= 0.3 is 0 Å². The van der Waals surface area contributed by atoms with Gasteiger partial charge in [-0.2, -0.15) is 0 Å². The van der Waals surface area contributed by atoms with Gasteiger partial charge in [-0.05, 0) is 25.7 Å². The second kappa shape index (κ2) is 5.51. The number of nitrogens with zero attached hydrogens (tertiary/aromatic N) is 1. The van der Waals surface area contributed by atoms with Crippen molar-refractivity contribution in [2.24, 2.45) is 5.92 Å². The molecule has 1 atom stereocenters. The Labute approximate surface area is 95.7 Å². The maximum atomic E-state index is 5.32. The number of likely N-dealkylation sites (tertiary alicyclic amines) is 1. The molecule has 0 unspecified atom stereocenters. The first-order valence-electron chi connectivity index (χ1n) is 5.16. The van der Waals surface area contributed by atoms with E-state index < -0.39 is 0 Å². The highest BCUT2D eigenvalue weighted by atomic mass is 127. The summed E-state index contributed by atoms with van der Waals surface area (Å²) in [5, 5.41) is 0. The van der Waals surface area contributed by atoms with E-state index in [9.17, 15) is 0 Å². The summed E-state index contributed by atoms with van der Waals surface area (Å²) in [6, 6.07) is 0.718. The van der Waals surface area contributed by atoms with Gasteiger partial charge < -0.3 is 7.97 Å². The van der Waals surface area contributed by atoms with Gasteiger partial charge in [0.05, 0.1) is 6.10 Å². The summed E-state index contributed by atoms with van der Waals surface area (Å²) in [6.07, 6.45) is 2.89. The molecule has 0 aliphatic carbocycles. The predicted molar refractivity (Wildman–Crippen MR) is 64.0 cm³/mol. The summed E-state index contributed by atoms with van der Waals surface area (Å²) in [4.78, 5) is 2.58. The molecule has 0 aromatic carbocycles. The van der Waals surface area contributed by atoms with Gasteiger partial charge in [0.2, 0.25) is 0 Å². The average molecular weight is 297 g/mol. The number of piperidine rings is 1. The summed E-state index contributed by atoms with van der Waals surface area (Å²) in [5.41, 5.74) is 0. The molecule has 0 N–H and O–H groups in total. The van der Waals surface area contributed by atoms with Crippen molar-refractivity contribution in [1.82, 2.24) is 4.90 Å². The standard InChI is InChI=1S/C10H20INO/c1-8(2)9(3)12-6-4-10(13-11)5-7-12/h8-10H,4-7H2,1-3H3/t9-/m0/s1. The van der Waals surface area contributed by atoms with Crippen LogP contribution in [0.2, 0.25) is 0 Å². The predicted octanol–water partition coefficient (Wildman–Crippen LogP) is 2.86. The van der Waals surface area contributed by atoms with Crippen LogP contribution in [0.25, 0.3) is 0 Å². The molecule has 1 aliphatic rings. The zero-order valence-electron chi connectivity index (χ0n) is 8.79. The van der Waals surface area contributed by atoms with Crippen LogP contribution in [-0.2, 0) is 3.07 Å². The third kappa shape index (κ3) is 3.36. The van der Waals surface area contributed by atoms with E-state index in [1.807, 2.05) is 23.0 Å². The fourth-order valence-electron chi connectivity index (χ4n) is 1.79. The highest BCUT2D eigenvalue weighted by molar-refractivity contribution is 14.1. The summed E-state index contributed by atoms with van der Waals surface area (Å²) in [5.74, 6) is 0.761. The Morgan fingerprint density at radius 1 is 1.23 bits per heavy atom. The molecule has 1 aliphatic heterocycles. The van der Waals surface area contributed by atoms with Crippen LogP contribution in [0.15, 0.2) is 0 Å². The Morgan fingerprint density at radius 3 is 2.15 bits per heavy atom.